The van der Waals surface area contributed by atoms with E-state index in [1.165, 1.54) is 32.1 Å². The molecule has 0 spiro atoms. The van der Waals surface area contributed by atoms with E-state index in [9.17, 15) is 9.90 Å². The van der Waals surface area contributed by atoms with Crippen molar-refractivity contribution in [2.45, 2.75) is 38.1 Å². The van der Waals surface area contributed by atoms with Gasteiger partial charge in [0.05, 0.1) is 0 Å². The van der Waals surface area contributed by atoms with Gasteiger partial charge in [-0.15, -0.1) is 5.10 Å². The Hall–Kier alpha value is -1.69. The molecule has 0 unspecified atom stereocenters. The van der Waals surface area contributed by atoms with Gasteiger partial charge < -0.3 is 10.0 Å². The number of carboxylic acids is 1. The monoisotopic (exact) mass is 316 g/mol. The topological polar surface area (TPSA) is 69.6 Å². The predicted molar refractivity (Wildman–Crippen MR) is 86.2 cm³/mol. The number of anilines is 1. The van der Waals surface area contributed by atoms with Gasteiger partial charge >= 0.3 is 5.97 Å². The Kier molecular flexibility index (Phi) is 3.71. The molecule has 1 N–H and O–H groups in total. The van der Waals surface area contributed by atoms with Crippen LogP contribution in [0.4, 0.5) is 5.82 Å². The molecule has 6 heteroatoms. The largest absolute Gasteiger partial charge is 0.481 e. The van der Waals surface area contributed by atoms with Gasteiger partial charge in [0.1, 0.15) is 5.41 Å². The third-order valence-corrected chi connectivity index (χ3v) is 6.03. The summed E-state index contributed by atoms with van der Waals surface area (Å²) in [5, 5.41) is 18.1. The molecule has 1 aromatic rings. The third kappa shape index (κ3) is 2.49. The zero-order valence-corrected chi connectivity index (χ0v) is 13.4. The van der Waals surface area contributed by atoms with E-state index >= 15 is 0 Å². The lowest BCUT2D eigenvalue weighted by Crippen LogP contribution is -2.43. The summed E-state index contributed by atoms with van der Waals surface area (Å²) in [6, 6.07) is 4.37. The lowest BCUT2D eigenvalue weighted by Gasteiger charge is -2.33. The van der Waals surface area contributed by atoms with E-state index in [2.05, 4.69) is 20.0 Å². The number of nitrogens with zero attached hydrogens (tertiary/aromatic N) is 4. The Morgan fingerprint density at radius 2 is 2.04 bits per heavy atom. The van der Waals surface area contributed by atoms with Gasteiger partial charge in [0.2, 0.25) is 0 Å². The van der Waals surface area contributed by atoms with Gasteiger partial charge in [0.25, 0.3) is 0 Å². The Balaban J connectivity index is 1.53. The molecule has 2 atom stereocenters. The van der Waals surface area contributed by atoms with Crippen molar-refractivity contribution in [3.05, 3.63) is 18.3 Å². The molecule has 0 bridgehead atoms. The van der Waals surface area contributed by atoms with E-state index in [-0.39, 0.29) is 5.92 Å². The van der Waals surface area contributed by atoms with Crippen LogP contribution in [0.2, 0.25) is 0 Å². The minimum Gasteiger partial charge on any atom is -0.481 e. The second-order valence-corrected chi connectivity index (χ2v) is 7.34. The lowest BCUT2D eigenvalue weighted by molar-refractivity contribution is -0.148. The number of aromatic nitrogens is 2. The Bertz CT molecular complexity index is 575. The zero-order valence-electron chi connectivity index (χ0n) is 13.4. The molecule has 2 saturated heterocycles. The molecule has 1 aliphatic carbocycles. The molecule has 4 rings (SSSR count). The van der Waals surface area contributed by atoms with Crippen LogP contribution in [0.15, 0.2) is 18.3 Å². The summed E-state index contributed by atoms with van der Waals surface area (Å²) in [7, 11) is 0. The number of aliphatic carboxylic acids is 1. The van der Waals surface area contributed by atoms with Gasteiger partial charge in [-0.25, -0.2) is 0 Å². The number of carboxylic acid groups (broad SMARTS) is 1. The van der Waals surface area contributed by atoms with Crippen LogP contribution in [0.5, 0.6) is 0 Å². The van der Waals surface area contributed by atoms with Crippen molar-refractivity contribution in [3.8, 4) is 0 Å². The molecule has 0 radical (unpaired) electrons. The Labute approximate surface area is 136 Å². The van der Waals surface area contributed by atoms with Crippen molar-refractivity contribution in [3.63, 3.8) is 0 Å². The highest BCUT2D eigenvalue weighted by Gasteiger charge is 2.58. The number of hydrogen-bond donors (Lipinski definition) is 1. The van der Waals surface area contributed by atoms with Crippen LogP contribution in [0, 0.1) is 11.3 Å². The maximum absolute atomic E-state index is 12.1. The highest BCUT2D eigenvalue weighted by molar-refractivity contribution is 5.78. The summed E-state index contributed by atoms with van der Waals surface area (Å²) < 4.78 is 0. The van der Waals surface area contributed by atoms with Gasteiger partial charge in [-0.2, -0.15) is 5.10 Å². The van der Waals surface area contributed by atoms with Crippen LogP contribution in [0.3, 0.4) is 0 Å². The number of rotatable bonds is 3. The van der Waals surface area contributed by atoms with E-state index < -0.39 is 11.4 Å². The van der Waals surface area contributed by atoms with Crippen LogP contribution in [-0.4, -0.2) is 58.4 Å². The van der Waals surface area contributed by atoms with Crippen LogP contribution in [-0.2, 0) is 4.79 Å². The van der Waals surface area contributed by atoms with E-state index in [0.29, 0.717) is 19.1 Å². The molecule has 6 nitrogen and oxygen atoms in total. The minimum atomic E-state index is -0.646. The van der Waals surface area contributed by atoms with E-state index in [4.69, 9.17) is 0 Å². The van der Waals surface area contributed by atoms with E-state index in [1.807, 2.05) is 12.1 Å². The zero-order chi connectivity index (χ0) is 15.9. The molecule has 3 heterocycles. The van der Waals surface area contributed by atoms with Gasteiger partial charge in [0, 0.05) is 44.3 Å². The standard InChI is InChI=1S/C17H24N4O2/c22-16(23)17-11-20(14-5-2-1-3-6-14)9-13(17)10-21(12-17)15-7-4-8-18-19-15/h4,7-8,13-14H,1-3,5-6,9-12H2,(H,22,23)/t13-,17-/m1/s1. The summed E-state index contributed by atoms with van der Waals surface area (Å²) in [5.74, 6) is 0.336. The molecular formula is C17H24N4O2. The SMILES string of the molecule is O=C(O)[C@]12CN(c3cccnn3)C[C@H]1CN(C1CCCCC1)C2. The van der Waals surface area contributed by atoms with Crippen molar-refractivity contribution in [2.75, 3.05) is 31.1 Å². The van der Waals surface area contributed by atoms with E-state index in [1.54, 1.807) is 6.20 Å². The van der Waals surface area contributed by atoms with Crippen LogP contribution in [0.1, 0.15) is 32.1 Å². The van der Waals surface area contributed by atoms with Crippen LogP contribution < -0.4 is 4.90 Å². The van der Waals surface area contributed by atoms with Crippen molar-refractivity contribution >= 4 is 11.8 Å². The quantitative estimate of drug-likeness (QED) is 0.914. The van der Waals surface area contributed by atoms with Crippen LogP contribution >= 0.6 is 0 Å². The average Bonchev–Trinajstić information content (AvgIpc) is 3.12. The first-order chi connectivity index (χ1) is 11.2. The summed E-state index contributed by atoms with van der Waals surface area (Å²) in [5.41, 5.74) is -0.644. The van der Waals surface area contributed by atoms with E-state index in [0.717, 1.165) is 18.9 Å². The van der Waals surface area contributed by atoms with Gasteiger partial charge in [0.15, 0.2) is 5.82 Å². The molecule has 0 aromatic carbocycles. The number of carbonyl (C=O) groups is 1. The van der Waals surface area contributed by atoms with Gasteiger partial charge in [-0.1, -0.05) is 19.3 Å². The predicted octanol–water partition coefficient (Wildman–Crippen LogP) is 1.63. The molecule has 1 aromatic heterocycles. The fraction of sp³-hybridized carbons (Fsp3) is 0.706. The van der Waals surface area contributed by atoms with Crippen LogP contribution in [0.25, 0.3) is 0 Å². The molecule has 2 aliphatic heterocycles. The Morgan fingerprint density at radius 3 is 2.70 bits per heavy atom. The molecule has 3 aliphatic rings. The number of likely N-dealkylation sites (tertiary alicyclic amines) is 1. The van der Waals surface area contributed by atoms with Crippen molar-refractivity contribution in [1.29, 1.82) is 0 Å². The molecule has 3 fully saturated rings. The highest BCUT2D eigenvalue weighted by atomic mass is 16.4. The minimum absolute atomic E-state index is 0.184. The number of hydrogen-bond acceptors (Lipinski definition) is 5. The second kappa shape index (κ2) is 5.74. The van der Waals surface area contributed by atoms with Gasteiger partial charge in [-0.05, 0) is 25.0 Å². The maximum Gasteiger partial charge on any atom is 0.313 e. The molecule has 23 heavy (non-hydrogen) atoms. The van der Waals surface area contributed by atoms with Gasteiger partial charge in [-0.3, -0.25) is 9.69 Å². The second-order valence-electron chi connectivity index (χ2n) is 7.34. The fourth-order valence-electron chi connectivity index (χ4n) is 4.77. The molecule has 1 saturated carbocycles. The summed E-state index contributed by atoms with van der Waals surface area (Å²) in [6.45, 7) is 2.92. The molecule has 124 valence electrons. The maximum atomic E-state index is 12.1. The first-order valence-corrected chi connectivity index (χ1v) is 8.69. The van der Waals surface area contributed by atoms with Crippen molar-refractivity contribution < 1.29 is 9.90 Å². The summed E-state index contributed by atoms with van der Waals surface area (Å²) >= 11 is 0. The molecule has 0 amide bonds. The average molecular weight is 316 g/mol. The molecular weight excluding hydrogens is 292 g/mol. The summed E-state index contributed by atoms with van der Waals surface area (Å²) in [6.07, 6.45) is 8.03. The highest BCUT2D eigenvalue weighted by Crippen LogP contribution is 2.45. The number of fused-ring (bicyclic) bond motifs is 1. The fourth-order valence-corrected chi connectivity index (χ4v) is 4.77. The first kappa shape index (κ1) is 14.9. The first-order valence-electron chi connectivity index (χ1n) is 8.69. The Morgan fingerprint density at radius 1 is 1.22 bits per heavy atom. The smallest absolute Gasteiger partial charge is 0.313 e. The normalized spacial score (nSPS) is 32.2. The van der Waals surface area contributed by atoms with Crippen molar-refractivity contribution in [2.24, 2.45) is 11.3 Å². The summed E-state index contributed by atoms with van der Waals surface area (Å²) in [4.78, 5) is 16.7. The lowest BCUT2D eigenvalue weighted by atomic mass is 9.81. The third-order valence-electron chi connectivity index (χ3n) is 6.03. The van der Waals surface area contributed by atoms with Crippen molar-refractivity contribution in [1.82, 2.24) is 15.1 Å².